The van der Waals surface area contributed by atoms with Crippen LogP contribution in [0.1, 0.15) is 5.56 Å². The summed E-state index contributed by atoms with van der Waals surface area (Å²) in [5.41, 5.74) is 4.43. The Morgan fingerprint density at radius 1 is 0.710 bits per heavy atom. The Hall–Kier alpha value is -3.64. The largest absolute Gasteiger partial charge is 0.305 e. The fourth-order valence-electron chi connectivity index (χ4n) is 3.05. The van der Waals surface area contributed by atoms with Gasteiger partial charge in [-0.3, -0.25) is 0 Å². The number of nitriles is 1. The molecule has 0 spiro atoms. The van der Waals surface area contributed by atoms with Crippen LogP contribution >= 0.6 is 0 Å². The molecule has 2 aromatic heterocycles. The first-order valence-electron chi connectivity index (χ1n) is 9.49. The van der Waals surface area contributed by atoms with E-state index in [0.717, 1.165) is 33.3 Å². The van der Waals surface area contributed by atoms with E-state index in [1.165, 1.54) is 0 Å². The van der Waals surface area contributed by atoms with Gasteiger partial charge in [0.25, 0.3) is 0 Å². The van der Waals surface area contributed by atoms with Crippen molar-refractivity contribution in [3.05, 3.63) is 121 Å². The second kappa shape index (κ2) is 10.9. The normalized spacial score (nSPS) is 9.65. The van der Waals surface area contributed by atoms with E-state index in [4.69, 9.17) is 5.26 Å². The standard InChI is InChI=1S/C16H9N2.C11H8N.Ir/c17-11-12-5-7-14(8-6-12)16-15-4-2-1-3-13(15)9-10-18-16;1-2-6-10(7-3-1)11-8-4-5-9-12-11;/h1-7,9-10H;1-6,8-9H;/q2*-1;. The van der Waals surface area contributed by atoms with Crippen molar-refractivity contribution in [1.82, 2.24) is 9.97 Å². The maximum Gasteiger partial charge on any atom is 0.0476 e. The minimum absolute atomic E-state index is 0. The first-order chi connectivity index (χ1) is 14.8. The zero-order valence-electron chi connectivity index (χ0n) is 16.5. The Kier molecular flexibility index (Phi) is 7.78. The molecule has 0 aliphatic carbocycles. The average Bonchev–Trinajstić information content (AvgIpc) is 2.85. The molecule has 0 bridgehead atoms. The Morgan fingerprint density at radius 2 is 1.55 bits per heavy atom. The van der Waals surface area contributed by atoms with Gasteiger partial charge in [-0.2, -0.15) is 0 Å². The van der Waals surface area contributed by atoms with Gasteiger partial charge in [-0.05, 0) is 39.9 Å². The molecule has 0 fully saturated rings. The summed E-state index contributed by atoms with van der Waals surface area (Å²) in [4.78, 5) is 8.64. The number of benzene rings is 3. The quantitative estimate of drug-likeness (QED) is 0.238. The molecule has 2 heterocycles. The number of fused-ring (bicyclic) bond motifs is 1. The summed E-state index contributed by atoms with van der Waals surface area (Å²) < 4.78 is 0. The van der Waals surface area contributed by atoms with Gasteiger partial charge in [0.1, 0.15) is 0 Å². The monoisotopic (exact) mass is 576 g/mol. The van der Waals surface area contributed by atoms with Crippen LogP contribution in [-0.4, -0.2) is 9.97 Å². The van der Waals surface area contributed by atoms with Crippen LogP contribution in [0.5, 0.6) is 0 Å². The van der Waals surface area contributed by atoms with Gasteiger partial charge in [-0.15, -0.1) is 65.7 Å². The first-order valence-corrected chi connectivity index (χ1v) is 9.49. The Bertz CT molecular complexity index is 1240. The van der Waals surface area contributed by atoms with Gasteiger partial charge in [0.2, 0.25) is 0 Å². The smallest absolute Gasteiger partial charge is 0.0476 e. The molecule has 1 radical (unpaired) electrons. The second-order valence-electron chi connectivity index (χ2n) is 6.47. The summed E-state index contributed by atoms with van der Waals surface area (Å²) in [6.45, 7) is 0. The van der Waals surface area contributed by atoms with E-state index in [1.807, 2.05) is 72.8 Å². The fraction of sp³-hybridized carbons (Fsp3) is 0. The van der Waals surface area contributed by atoms with Gasteiger partial charge < -0.3 is 9.97 Å². The number of pyridine rings is 2. The van der Waals surface area contributed by atoms with Crippen LogP contribution in [0.15, 0.2) is 103 Å². The van der Waals surface area contributed by atoms with Crippen molar-refractivity contribution >= 4 is 10.8 Å². The van der Waals surface area contributed by atoms with Crippen LogP contribution in [0.3, 0.4) is 0 Å². The average molecular weight is 576 g/mol. The number of hydrogen-bond donors (Lipinski definition) is 0. The molecule has 3 nitrogen and oxygen atoms in total. The van der Waals surface area contributed by atoms with E-state index in [-0.39, 0.29) is 20.1 Å². The molecule has 0 aliphatic rings. The van der Waals surface area contributed by atoms with E-state index in [2.05, 4.69) is 34.2 Å². The maximum atomic E-state index is 8.79. The predicted molar refractivity (Wildman–Crippen MR) is 119 cm³/mol. The molecule has 3 aromatic carbocycles. The van der Waals surface area contributed by atoms with Crippen molar-refractivity contribution in [2.75, 3.05) is 0 Å². The topological polar surface area (TPSA) is 49.6 Å². The van der Waals surface area contributed by atoms with Crippen molar-refractivity contribution in [3.63, 3.8) is 0 Å². The third-order valence-corrected chi connectivity index (χ3v) is 4.52. The molecule has 0 atom stereocenters. The Morgan fingerprint density at radius 3 is 2.26 bits per heavy atom. The molecular formula is C27H17IrN3-2. The van der Waals surface area contributed by atoms with Gasteiger partial charge >= 0.3 is 0 Å². The van der Waals surface area contributed by atoms with Crippen LogP contribution in [0.25, 0.3) is 33.3 Å². The molecule has 0 saturated carbocycles. The van der Waals surface area contributed by atoms with Crippen LogP contribution in [-0.2, 0) is 20.1 Å². The number of hydrogen-bond acceptors (Lipinski definition) is 3. The van der Waals surface area contributed by atoms with E-state index >= 15 is 0 Å². The van der Waals surface area contributed by atoms with Gasteiger partial charge in [0.05, 0.1) is 0 Å². The third-order valence-electron chi connectivity index (χ3n) is 4.52. The van der Waals surface area contributed by atoms with Gasteiger partial charge in [0.15, 0.2) is 0 Å². The molecule has 0 N–H and O–H groups in total. The summed E-state index contributed by atoms with van der Waals surface area (Å²) in [5.74, 6) is 0. The molecule has 5 aromatic rings. The summed E-state index contributed by atoms with van der Waals surface area (Å²) in [7, 11) is 0. The summed E-state index contributed by atoms with van der Waals surface area (Å²) in [6.07, 6.45) is 3.58. The zero-order chi connectivity index (χ0) is 20.6. The molecule has 0 amide bonds. The van der Waals surface area contributed by atoms with Crippen molar-refractivity contribution < 1.29 is 20.1 Å². The molecule has 5 rings (SSSR count). The minimum atomic E-state index is 0. The second-order valence-corrected chi connectivity index (χ2v) is 6.47. The van der Waals surface area contributed by atoms with Crippen LogP contribution < -0.4 is 0 Å². The van der Waals surface area contributed by atoms with E-state index in [1.54, 1.807) is 24.5 Å². The SMILES string of the molecule is N#Cc1c[c-]c(-c2nccc3ccccc23)cc1.[Ir].[c-]1ccccc1-c1ccccn1. The molecule has 0 unspecified atom stereocenters. The number of aromatic nitrogens is 2. The number of nitrogens with zero attached hydrogens (tertiary/aromatic N) is 3. The van der Waals surface area contributed by atoms with Crippen molar-refractivity contribution in [2.45, 2.75) is 0 Å². The third kappa shape index (κ3) is 5.49. The van der Waals surface area contributed by atoms with Gasteiger partial charge in [-0.25, -0.2) is 5.26 Å². The van der Waals surface area contributed by atoms with E-state index in [9.17, 15) is 0 Å². The van der Waals surface area contributed by atoms with Crippen LogP contribution in [0.2, 0.25) is 0 Å². The van der Waals surface area contributed by atoms with Gasteiger partial charge in [0, 0.05) is 38.6 Å². The van der Waals surface area contributed by atoms with E-state index < -0.39 is 0 Å². The predicted octanol–water partition coefficient (Wildman–Crippen LogP) is 6.12. The summed E-state index contributed by atoms with van der Waals surface area (Å²) in [5, 5.41) is 11.0. The van der Waals surface area contributed by atoms with E-state index in [0.29, 0.717) is 5.56 Å². The molecule has 31 heavy (non-hydrogen) atoms. The number of rotatable bonds is 2. The van der Waals surface area contributed by atoms with Crippen molar-refractivity contribution in [1.29, 1.82) is 5.26 Å². The van der Waals surface area contributed by atoms with Crippen LogP contribution in [0.4, 0.5) is 0 Å². The van der Waals surface area contributed by atoms with Crippen LogP contribution in [0, 0.1) is 23.5 Å². The van der Waals surface area contributed by atoms with Gasteiger partial charge in [-0.1, -0.05) is 36.4 Å². The maximum absolute atomic E-state index is 8.79. The first kappa shape index (κ1) is 22.1. The summed E-state index contributed by atoms with van der Waals surface area (Å²) >= 11 is 0. The molecule has 0 aliphatic heterocycles. The summed E-state index contributed by atoms with van der Waals surface area (Å²) in [6, 6.07) is 37.5. The fourth-order valence-corrected chi connectivity index (χ4v) is 3.05. The Balaban J connectivity index is 0.000000183. The molecule has 0 saturated heterocycles. The molecule has 151 valence electrons. The minimum Gasteiger partial charge on any atom is -0.305 e. The molecule has 4 heteroatoms. The van der Waals surface area contributed by atoms with Crippen molar-refractivity contribution in [3.8, 4) is 28.6 Å². The molecular weight excluding hydrogens is 559 g/mol. The Labute approximate surface area is 195 Å². The zero-order valence-corrected chi connectivity index (χ0v) is 18.9. The van der Waals surface area contributed by atoms with Crippen molar-refractivity contribution in [2.24, 2.45) is 0 Å².